The fourth-order valence-corrected chi connectivity index (χ4v) is 3.53. The molecule has 0 radical (unpaired) electrons. The highest BCUT2D eigenvalue weighted by Crippen LogP contribution is 2.25. The first kappa shape index (κ1) is 16.1. The fraction of sp³-hybridized carbons (Fsp3) is 0.600. The summed E-state index contributed by atoms with van der Waals surface area (Å²) in [4.78, 5) is 23.9. The van der Waals surface area contributed by atoms with E-state index in [0.717, 1.165) is 27.2 Å². The zero-order chi connectivity index (χ0) is 15.8. The van der Waals surface area contributed by atoms with E-state index in [9.17, 15) is 4.79 Å². The Kier molecular flexibility index (Phi) is 4.51. The van der Waals surface area contributed by atoms with Crippen molar-refractivity contribution in [3.05, 3.63) is 26.6 Å². The van der Waals surface area contributed by atoms with Gasteiger partial charge in [0.2, 0.25) is 0 Å². The summed E-state index contributed by atoms with van der Waals surface area (Å²) in [5, 5.41) is 0.728. The monoisotopic (exact) mass is 308 g/mol. The molecule has 116 valence electrons. The van der Waals surface area contributed by atoms with Crippen LogP contribution in [0.3, 0.4) is 0 Å². The van der Waals surface area contributed by atoms with Crippen LogP contribution in [0.5, 0.6) is 0 Å². The minimum Gasteiger partial charge on any atom is -0.330 e. The largest absolute Gasteiger partial charge is 0.330 e. The molecule has 5 nitrogen and oxygen atoms in total. The van der Waals surface area contributed by atoms with E-state index >= 15 is 0 Å². The number of nitrogens with one attached hydrogen (secondary N) is 1. The van der Waals surface area contributed by atoms with Gasteiger partial charge in [-0.05, 0) is 38.4 Å². The molecule has 0 saturated carbocycles. The van der Waals surface area contributed by atoms with E-state index in [1.54, 1.807) is 11.3 Å². The summed E-state index contributed by atoms with van der Waals surface area (Å²) < 4.78 is 0. The number of thiophene rings is 1. The van der Waals surface area contributed by atoms with Crippen LogP contribution in [0.15, 0.2) is 4.79 Å². The summed E-state index contributed by atoms with van der Waals surface area (Å²) in [7, 11) is 2.02. The molecule has 0 atom stereocenters. The molecule has 0 aliphatic carbocycles. The summed E-state index contributed by atoms with van der Waals surface area (Å²) in [6, 6.07) is 0. The Labute approximate surface area is 129 Å². The molecule has 2 heterocycles. The summed E-state index contributed by atoms with van der Waals surface area (Å²) in [5.74, 6) is 0.712. The van der Waals surface area contributed by atoms with Crippen LogP contribution >= 0.6 is 11.3 Å². The molecule has 0 spiro atoms. The molecular formula is C15H24N4OS. The lowest BCUT2D eigenvalue weighted by Gasteiger charge is -2.28. The topological polar surface area (TPSA) is 75.0 Å². The molecule has 2 aromatic heterocycles. The minimum absolute atomic E-state index is 0.0386. The Hall–Kier alpha value is -1.24. The molecular weight excluding hydrogens is 284 g/mol. The van der Waals surface area contributed by atoms with E-state index in [0.29, 0.717) is 18.9 Å². The van der Waals surface area contributed by atoms with Crippen molar-refractivity contribution >= 4 is 21.6 Å². The van der Waals surface area contributed by atoms with Crippen LogP contribution in [0.1, 0.15) is 30.1 Å². The number of rotatable bonds is 5. The van der Waals surface area contributed by atoms with Gasteiger partial charge in [0.05, 0.1) is 11.9 Å². The Morgan fingerprint density at radius 3 is 2.67 bits per heavy atom. The number of aromatic nitrogens is 2. The number of aryl methyl sites for hydroxylation is 2. The third kappa shape index (κ3) is 3.51. The van der Waals surface area contributed by atoms with Gasteiger partial charge in [0.25, 0.3) is 5.56 Å². The van der Waals surface area contributed by atoms with E-state index in [-0.39, 0.29) is 11.0 Å². The van der Waals surface area contributed by atoms with Crippen molar-refractivity contribution in [1.82, 2.24) is 14.9 Å². The number of aromatic amines is 1. The smallest absolute Gasteiger partial charge is 0.259 e. The third-order valence-electron chi connectivity index (χ3n) is 3.76. The standard InChI is InChI=1S/C15H24N4OS/c1-9-10(2)21-14-12(9)13(20)17-11(18-14)6-19(5)8-15(3,4)7-16/h6-8,16H2,1-5H3,(H,17,18,20). The average Bonchev–Trinajstić information content (AvgIpc) is 2.64. The van der Waals surface area contributed by atoms with Crippen LogP contribution < -0.4 is 11.3 Å². The Morgan fingerprint density at radius 1 is 1.38 bits per heavy atom. The van der Waals surface area contributed by atoms with E-state index in [2.05, 4.69) is 28.7 Å². The molecule has 2 aromatic rings. The second kappa shape index (κ2) is 5.87. The van der Waals surface area contributed by atoms with E-state index < -0.39 is 0 Å². The van der Waals surface area contributed by atoms with Gasteiger partial charge in [-0.3, -0.25) is 9.69 Å². The molecule has 2 rings (SSSR count). The lowest BCUT2D eigenvalue weighted by atomic mass is 9.93. The summed E-state index contributed by atoms with van der Waals surface area (Å²) in [6.45, 7) is 10.4. The molecule has 0 amide bonds. The van der Waals surface area contributed by atoms with Crippen LogP contribution in [0.25, 0.3) is 10.2 Å². The second-order valence-electron chi connectivity index (χ2n) is 6.52. The van der Waals surface area contributed by atoms with Crippen molar-refractivity contribution in [3.8, 4) is 0 Å². The number of fused-ring (bicyclic) bond motifs is 1. The van der Waals surface area contributed by atoms with Gasteiger partial charge in [-0.2, -0.15) is 0 Å². The highest BCUT2D eigenvalue weighted by molar-refractivity contribution is 7.18. The maximum absolute atomic E-state index is 12.2. The molecule has 0 unspecified atom stereocenters. The number of hydrogen-bond donors (Lipinski definition) is 2. The predicted octanol–water partition coefficient (Wildman–Crippen LogP) is 2.02. The van der Waals surface area contributed by atoms with Gasteiger partial charge in [-0.1, -0.05) is 13.8 Å². The Morgan fingerprint density at radius 2 is 2.05 bits per heavy atom. The van der Waals surface area contributed by atoms with Gasteiger partial charge in [-0.15, -0.1) is 11.3 Å². The first-order valence-electron chi connectivity index (χ1n) is 7.11. The predicted molar refractivity (Wildman–Crippen MR) is 88.9 cm³/mol. The van der Waals surface area contributed by atoms with Crippen LogP contribution in [0, 0.1) is 19.3 Å². The van der Waals surface area contributed by atoms with Gasteiger partial charge in [0.1, 0.15) is 10.7 Å². The van der Waals surface area contributed by atoms with Gasteiger partial charge in [0.15, 0.2) is 0 Å². The first-order valence-corrected chi connectivity index (χ1v) is 7.92. The van der Waals surface area contributed by atoms with Crippen LogP contribution in [0.2, 0.25) is 0 Å². The molecule has 6 heteroatoms. The molecule has 21 heavy (non-hydrogen) atoms. The molecule has 3 N–H and O–H groups in total. The van der Waals surface area contributed by atoms with E-state index in [1.807, 2.05) is 20.9 Å². The number of hydrogen-bond acceptors (Lipinski definition) is 5. The Bertz CT molecular complexity index is 701. The summed E-state index contributed by atoms with van der Waals surface area (Å²) >= 11 is 1.58. The fourth-order valence-electron chi connectivity index (χ4n) is 2.48. The lowest BCUT2D eigenvalue weighted by molar-refractivity contribution is 0.206. The van der Waals surface area contributed by atoms with Crippen molar-refractivity contribution in [2.24, 2.45) is 11.1 Å². The van der Waals surface area contributed by atoms with Crippen molar-refractivity contribution in [2.75, 3.05) is 20.1 Å². The zero-order valence-electron chi connectivity index (χ0n) is 13.4. The molecule has 0 aliphatic heterocycles. The molecule has 0 aliphatic rings. The van der Waals surface area contributed by atoms with Crippen molar-refractivity contribution < 1.29 is 0 Å². The maximum atomic E-state index is 12.2. The van der Waals surface area contributed by atoms with Gasteiger partial charge in [-0.25, -0.2) is 4.98 Å². The highest BCUT2D eigenvalue weighted by Gasteiger charge is 2.19. The van der Waals surface area contributed by atoms with Crippen LogP contribution in [0.4, 0.5) is 0 Å². The maximum Gasteiger partial charge on any atom is 0.259 e. The van der Waals surface area contributed by atoms with E-state index in [1.165, 1.54) is 0 Å². The van der Waals surface area contributed by atoms with Gasteiger partial charge >= 0.3 is 0 Å². The highest BCUT2D eigenvalue weighted by atomic mass is 32.1. The van der Waals surface area contributed by atoms with Gasteiger partial charge in [0, 0.05) is 11.4 Å². The summed E-state index contributed by atoms with van der Waals surface area (Å²) in [6.07, 6.45) is 0. The molecule has 0 aromatic carbocycles. The van der Waals surface area contributed by atoms with Crippen LogP contribution in [-0.2, 0) is 6.54 Å². The number of nitrogens with zero attached hydrogens (tertiary/aromatic N) is 2. The number of nitrogens with two attached hydrogens (primary N) is 1. The molecule has 0 bridgehead atoms. The Balaban J connectivity index is 2.26. The normalized spacial score (nSPS) is 12.5. The third-order valence-corrected chi connectivity index (χ3v) is 4.86. The van der Waals surface area contributed by atoms with Crippen molar-refractivity contribution in [3.63, 3.8) is 0 Å². The first-order chi connectivity index (χ1) is 9.73. The number of H-pyrrole nitrogens is 1. The molecule has 0 saturated heterocycles. The second-order valence-corrected chi connectivity index (χ2v) is 7.72. The van der Waals surface area contributed by atoms with Gasteiger partial charge < -0.3 is 10.7 Å². The quantitative estimate of drug-likeness (QED) is 0.886. The average molecular weight is 308 g/mol. The zero-order valence-corrected chi connectivity index (χ0v) is 14.2. The van der Waals surface area contributed by atoms with E-state index in [4.69, 9.17) is 5.73 Å². The summed E-state index contributed by atoms with van der Waals surface area (Å²) in [5.41, 5.74) is 6.81. The lowest BCUT2D eigenvalue weighted by Crippen LogP contribution is -2.37. The van der Waals surface area contributed by atoms with Crippen molar-refractivity contribution in [1.29, 1.82) is 0 Å². The molecule has 0 fully saturated rings. The van der Waals surface area contributed by atoms with Crippen molar-refractivity contribution in [2.45, 2.75) is 34.2 Å². The van der Waals surface area contributed by atoms with Crippen LogP contribution in [-0.4, -0.2) is 35.0 Å². The minimum atomic E-state index is -0.0386. The SMILES string of the molecule is Cc1sc2nc(CN(C)CC(C)(C)CN)[nH]c(=O)c2c1C.